The number of benzene rings is 1. The van der Waals surface area contributed by atoms with Crippen LogP contribution in [0.1, 0.15) is 48.9 Å². The highest BCUT2D eigenvalue weighted by molar-refractivity contribution is 14.1. The topological polar surface area (TPSA) is 123 Å². The van der Waals surface area contributed by atoms with E-state index in [9.17, 15) is 14.4 Å². The van der Waals surface area contributed by atoms with Crippen LogP contribution in [0, 0.1) is 15.4 Å². The summed E-state index contributed by atoms with van der Waals surface area (Å²) in [6.07, 6.45) is 4.69. The molecule has 5 rings (SSSR count). The van der Waals surface area contributed by atoms with Crippen LogP contribution in [-0.2, 0) is 23.8 Å². The number of aliphatic hydroxyl groups excluding tert-OH is 1. The summed E-state index contributed by atoms with van der Waals surface area (Å²) in [4.78, 5) is 37.9. The Balaban J connectivity index is 1.31. The van der Waals surface area contributed by atoms with Gasteiger partial charge in [0, 0.05) is 46.9 Å². The summed E-state index contributed by atoms with van der Waals surface area (Å²) in [5, 5.41) is 14.1. The normalized spacial score (nSPS) is 26.5. The van der Waals surface area contributed by atoms with Crippen molar-refractivity contribution in [2.75, 3.05) is 19.7 Å². The molecule has 10 heteroatoms. The molecule has 9 nitrogen and oxygen atoms in total. The standard InChI is InChI=1S/C26H31IN2O7/c27-19-4-2-1-3-18(19)25(33)34-20-13-15(24(32)29-10-9-22(31)28-11-12-30)14-21-23(20)36-26(35-21,16-5-6-16)17-7-8-17/h1-4,14,16-17,20-21,23,30H,5-13H2,(H,28,31)(H,29,32). The third kappa shape index (κ3) is 5.46. The van der Waals surface area contributed by atoms with E-state index in [4.69, 9.17) is 19.3 Å². The lowest BCUT2D eigenvalue weighted by atomic mass is 9.91. The van der Waals surface area contributed by atoms with E-state index >= 15 is 0 Å². The Morgan fingerprint density at radius 3 is 2.44 bits per heavy atom. The Hall–Kier alpha value is -2.02. The molecule has 3 aliphatic carbocycles. The molecule has 1 heterocycles. The largest absolute Gasteiger partial charge is 0.455 e. The molecule has 1 aromatic carbocycles. The quantitative estimate of drug-likeness (QED) is 0.274. The van der Waals surface area contributed by atoms with Gasteiger partial charge in [-0.05, 0) is 66.5 Å². The van der Waals surface area contributed by atoms with Crippen LogP contribution in [0.4, 0.5) is 0 Å². The van der Waals surface area contributed by atoms with Crippen LogP contribution in [0.15, 0.2) is 35.9 Å². The van der Waals surface area contributed by atoms with E-state index in [1.54, 1.807) is 18.2 Å². The van der Waals surface area contributed by atoms with Crippen LogP contribution >= 0.6 is 22.6 Å². The Morgan fingerprint density at radius 1 is 1.06 bits per heavy atom. The second-order valence-electron chi connectivity index (χ2n) is 9.83. The maximum Gasteiger partial charge on any atom is 0.339 e. The van der Waals surface area contributed by atoms with Crippen LogP contribution in [0.5, 0.6) is 0 Å². The molecule has 1 saturated heterocycles. The fraction of sp³-hybridized carbons (Fsp3) is 0.577. The average Bonchev–Trinajstić information content (AvgIpc) is 3.79. The van der Waals surface area contributed by atoms with Gasteiger partial charge in [-0.2, -0.15) is 0 Å². The summed E-state index contributed by atoms with van der Waals surface area (Å²) in [5.41, 5.74) is 0.928. The van der Waals surface area contributed by atoms with Crippen molar-refractivity contribution in [3.63, 3.8) is 0 Å². The van der Waals surface area contributed by atoms with Crippen molar-refractivity contribution in [3.8, 4) is 0 Å². The number of amides is 2. The maximum absolute atomic E-state index is 13.1. The Kier molecular flexibility index (Phi) is 7.66. The van der Waals surface area contributed by atoms with E-state index in [-0.39, 0.29) is 44.4 Å². The van der Waals surface area contributed by atoms with Crippen LogP contribution in [0.3, 0.4) is 0 Å². The molecule has 2 amide bonds. The van der Waals surface area contributed by atoms with Crippen molar-refractivity contribution < 1.29 is 33.7 Å². The van der Waals surface area contributed by atoms with Gasteiger partial charge in [0.05, 0.1) is 12.2 Å². The van der Waals surface area contributed by atoms with Gasteiger partial charge in [-0.15, -0.1) is 0 Å². The first kappa shape index (κ1) is 25.6. The summed E-state index contributed by atoms with van der Waals surface area (Å²) >= 11 is 2.10. The van der Waals surface area contributed by atoms with E-state index in [1.165, 1.54) is 0 Å². The van der Waals surface area contributed by atoms with Gasteiger partial charge in [-0.3, -0.25) is 9.59 Å². The summed E-state index contributed by atoms with van der Waals surface area (Å²) in [6.45, 7) is 0.191. The van der Waals surface area contributed by atoms with Crippen molar-refractivity contribution in [1.29, 1.82) is 0 Å². The van der Waals surface area contributed by atoms with Crippen molar-refractivity contribution in [3.05, 3.63) is 45.0 Å². The smallest absolute Gasteiger partial charge is 0.339 e. The van der Waals surface area contributed by atoms with Gasteiger partial charge >= 0.3 is 5.97 Å². The number of nitrogens with one attached hydrogen (secondary N) is 2. The molecule has 3 atom stereocenters. The maximum atomic E-state index is 13.1. The number of carbonyl (C=O) groups excluding carboxylic acids is 3. The van der Waals surface area contributed by atoms with E-state index in [0.29, 0.717) is 23.0 Å². The third-order valence-corrected chi connectivity index (χ3v) is 8.07. The second kappa shape index (κ2) is 10.8. The van der Waals surface area contributed by atoms with E-state index < -0.39 is 30.1 Å². The number of carbonyl (C=O) groups is 3. The van der Waals surface area contributed by atoms with Gasteiger partial charge in [-0.25, -0.2) is 4.79 Å². The van der Waals surface area contributed by atoms with E-state index in [1.807, 2.05) is 12.1 Å². The predicted octanol–water partition coefficient (Wildman–Crippen LogP) is 2.06. The SMILES string of the molecule is O=C(CCNC(=O)C1=CC2OC(C3CC3)(C3CC3)OC2C(OC(=O)c2ccccc2I)C1)NCCO. The summed E-state index contributed by atoms with van der Waals surface area (Å²) in [5.74, 6) is -1.01. The fourth-order valence-electron chi connectivity index (χ4n) is 5.08. The number of halogens is 1. The molecule has 3 N–H and O–H groups in total. The van der Waals surface area contributed by atoms with Gasteiger partial charge in [-0.1, -0.05) is 12.1 Å². The first-order chi connectivity index (χ1) is 17.4. The molecule has 0 spiro atoms. The zero-order valence-corrected chi connectivity index (χ0v) is 22.1. The minimum Gasteiger partial charge on any atom is -0.455 e. The molecule has 194 valence electrons. The number of ether oxygens (including phenoxy) is 3. The number of aliphatic hydroxyl groups is 1. The van der Waals surface area contributed by atoms with E-state index in [2.05, 4.69) is 33.2 Å². The number of fused-ring (bicyclic) bond motifs is 1. The minimum atomic E-state index is -0.670. The zero-order chi connectivity index (χ0) is 25.3. The fourth-order valence-corrected chi connectivity index (χ4v) is 5.69. The minimum absolute atomic E-state index is 0.0992. The lowest BCUT2D eigenvalue weighted by Gasteiger charge is -2.31. The molecule has 0 aromatic heterocycles. The molecular weight excluding hydrogens is 579 g/mol. The van der Waals surface area contributed by atoms with Crippen LogP contribution in [0.25, 0.3) is 0 Å². The van der Waals surface area contributed by atoms with Crippen molar-refractivity contribution in [2.24, 2.45) is 11.8 Å². The molecule has 1 aliphatic heterocycles. The van der Waals surface area contributed by atoms with Gasteiger partial charge in [0.1, 0.15) is 18.3 Å². The lowest BCUT2D eigenvalue weighted by molar-refractivity contribution is -0.209. The number of esters is 1. The van der Waals surface area contributed by atoms with Crippen molar-refractivity contribution >= 4 is 40.4 Å². The van der Waals surface area contributed by atoms with Gasteiger partial charge in [0.15, 0.2) is 5.79 Å². The highest BCUT2D eigenvalue weighted by Gasteiger charge is 2.64. The van der Waals surface area contributed by atoms with Crippen LogP contribution in [0.2, 0.25) is 0 Å². The first-order valence-electron chi connectivity index (χ1n) is 12.6. The molecule has 4 aliphatic rings. The predicted molar refractivity (Wildman–Crippen MR) is 137 cm³/mol. The summed E-state index contributed by atoms with van der Waals surface area (Å²) in [7, 11) is 0. The Bertz CT molecular complexity index is 1040. The van der Waals surface area contributed by atoms with Gasteiger partial charge in [0.2, 0.25) is 11.8 Å². The third-order valence-electron chi connectivity index (χ3n) is 7.13. The molecule has 3 fully saturated rings. The molecule has 1 aromatic rings. The number of rotatable bonds is 10. The Labute approximate surface area is 223 Å². The molecule has 36 heavy (non-hydrogen) atoms. The van der Waals surface area contributed by atoms with Gasteiger partial charge in [0.25, 0.3) is 0 Å². The van der Waals surface area contributed by atoms with Crippen molar-refractivity contribution in [1.82, 2.24) is 10.6 Å². The van der Waals surface area contributed by atoms with Gasteiger partial charge < -0.3 is 30.0 Å². The summed E-state index contributed by atoms with van der Waals surface area (Å²) < 4.78 is 19.9. The monoisotopic (exact) mass is 610 g/mol. The summed E-state index contributed by atoms with van der Waals surface area (Å²) in [6, 6.07) is 7.22. The first-order valence-corrected chi connectivity index (χ1v) is 13.7. The molecule has 3 unspecified atom stereocenters. The molecular formula is C26H31IN2O7. The molecule has 0 bridgehead atoms. The van der Waals surface area contributed by atoms with Crippen LogP contribution < -0.4 is 10.6 Å². The molecule has 0 radical (unpaired) electrons. The lowest BCUT2D eigenvalue weighted by Crippen LogP contribution is -2.44. The molecule has 2 saturated carbocycles. The highest BCUT2D eigenvalue weighted by atomic mass is 127. The van der Waals surface area contributed by atoms with E-state index in [0.717, 1.165) is 29.3 Å². The number of hydrogen-bond donors (Lipinski definition) is 3. The zero-order valence-electron chi connectivity index (χ0n) is 19.9. The van der Waals surface area contributed by atoms with Crippen molar-refractivity contribution in [2.45, 2.75) is 62.6 Å². The average molecular weight is 610 g/mol. The number of hydrogen-bond acceptors (Lipinski definition) is 7. The Morgan fingerprint density at radius 2 is 1.78 bits per heavy atom. The second-order valence-corrected chi connectivity index (χ2v) is 11.0. The highest BCUT2D eigenvalue weighted by Crippen LogP contribution is 2.59. The van der Waals surface area contributed by atoms with Crippen LogP contribution in [-0.4, -0.2) is 66.7 Å².